The summed E-state index contributed by atoms with van der Waals surface area (Å²) in [5.74, 6) is 0. The fourth-order valence-corrected chi connectivity index (χ4v) is 3.17. The van der Waals surface area contributed by atoms with E-state index in [2.05, 4.69) is 0 Å². The zero-order chi connectivity index (χ0) is 15.6. The van der Waals surface area contributed by atoms with Crippen LogP contribution in [-0.2, 0) is 0 Å². The molecule has 5 aromatic rings. The first kappa shape index (κ1) is 12.8. The molecule has 0 saturated heterocycles. The van der Waals surface area contributed by atoms with E-state index in [1.165, 1.54) is 0 Å². The molecule has 0 amide bonds. The van der Waals surface area contributed by atoms with Gasteiger partial charge in [0.2, 0.25) is 0 Å². The van der Waals surface area contributed by atoms with Gasteiger partial charge in [0, 0.05) is 27.6 Å². The average Bonchev–Trinajstić information content (AvgIpc) is 3.09. The van der Waals surface area contributed by atoms with Crippen LogP contribution in [0.3, 0.4) is 0 Å². The second-order valence-corrected chi connectivity index (χ2v) is 5.67. The Morgan fingerprint density at radius 1 is 0.609 bits per heavy atom. The molecule has 2 N–H and O–H groups in total. The summed E-state index contributed by atoms with van der Waals surface area (Å²) in [6, 6.07) is 17.0. The quantitative estimate of drug-likeness (QED) is 0.467. The molecule has 4 nitrogen and oxygen atoms in total. The third kappa shape index (κ3) is 1.75. The van der Waals surface area contributed by atoms with E-state index in [1.54, 1.807) is 18.2 Å². The Labute approximate surface area is 130 Å². The molecular formula is C18H11BO4. The molecule has 110 valence electrons. The first-order valence-corrected chi connectivity index (χ1v) is 7.34. The molecule has 0 spiro atoms. The molecule has 0 aliphatic rings. The van der Waals surface area contributed by atoms with Gasteiger partial charge in [-0.2, -0.15) is 0 Å². The molecule has 2 heterocycles. The summed E-state index contributed by atoms with van der Waals surface area (Å²) in [4.78, 5) is 0. The maximum atomic E-state index is 9.38. The largest absolute Gasteiger partial charge is 0.488 e. The summed E-state index contributed by atoms with van der Waals surface area (Å²) >= 11 is 0. The number of furan rings is 2. The molecule has 0 aliphatic carbocycles. The lowest BCUT2D eigenvalue weighted by Crippen LogP contribution is -2.29. The molecule has 3 aromatic carbocycles. The van der Waals surface area contributed by atoms with Crippen molar-refractivity contribution in [3.63, 3.8) is 0 Å². The van der Waals surface area contributed by atoms with Crippen LogP contribution in [0.4, 0.5) is 0 Å². The van der Waals surface area contributed by atoms with Gasteiger partial charge < -0.3 is 18.9 Å². The molecular weight excluding hydrogens is 291 g/mol. The summed E-state index contributed by atoms with van der Waals surface area (Å²) in [7, 11) is -1.50. The summed E-state index contributed by atoms with van der Waals surface area (Å²) < 4.78 is 11.7. The van der Waals surface area contributed by atoms with Crippen molar-refractivity contribution in [3.05, 3.63) is 54.6 Å². The maximum Gasteiger partial charge on any atom is 0.488 e. The number of hydrogen-bond donors (Lipinski definition) is 2. The molecule has 0 aliphatic heterocycles. The smallest absolute Gasteiger partial charge is 0.456 e. The van der Waals surface area contributed by atoms with Crippen molar-refractivity contribution in [3.8, 4) is 0 Å². The van der Waals surface area contributed by atoms with Gasteiger partial charge in [0.15, 0.2) is 0 Å². The van der Waals surface area contributed by atoms with Crippen molar-refractivity contribution >= 4 is 56.5 Å². The van der Waals surface area contributed by atoms with E-state index in [1.807, 2.05) is 36.4 Å². The van der Waals surface area contributed by atoms with Crippen LogP contribution in [0.1, 0.15) is 0 Å². The van der Waals surface area contributed by atoms with E-state index < -0.39 is 7.12 Å². The number of benzene rings is 3. The highest BCUT2D eigenvalue weighted by Crippen LogP contribution is 2.36. The topological polar surface area (TPSA) is 66.7 Å². The van der Waals surface area contributed by atoms with Crippen LogP contribution in [0.15, 0.2) is 63.4 Å². The highest BCUT2D eigenvalue weighted by Gasteiger charge is 2.16. The molecule has 0 atom stereocenters. The van der Waals surface area contributed by atoms with Crippen molar-refractivity contribution in [1.82, 2.24) is 0 Å². The van der Waals surface area contributed by atoms with E-state index in [-0.39, 0.29) is 0 Å². The standard InChI is InChI=1S/C18H11BO4/c20-19(21)10-5-6-16-12(7-10)14-8-13-11-3-1-2-4-15(11)22-17(13)9-18(14)23-16/h1-9,20-21H. The van der Waals surface area contributed by atoms with Gasteiger partial charge in [-0.15, -0.1) is 0 Å². The SMILES string of the molecule is OB(O)c1ccc2oc3cc4oc5ccccc5c4cc3c2c1. The lowest BCUT2D eigenvalue weighted by Gasteiger charge is -1.98. The van der Waals surface area contributed by atoms with Gasteiger partial charge in [-0.05, 0) is 23.7 Å². The molecule has 5 heteroatoms. The minimum atomic E-state index is -1.50. The van der Waals surface area contributed by atoms with Gasteiger partial charge in [-0.3, -0.25) is 0 Å². The van der Waals surface area contributed by atoms with Gasteiger partial charge in [0.1, 0.15) is 22.3 Å². The van der Waals surface area contributed by atoms with Gasteiger partial charge in [-0.1, -0.05) is 30.3 Å². The summed E-state index contributed by atoms with van der Waals surface area (Å²) in [6.07, 6.45) is 0. The molecule has 0 radical (unpaired) electrons. The Kier molecular flexibility index (Phi) is 2.43. The van der Waals surface area contributed by atoms with Crippen molar-refractivity contribution < 1.29 is 18.9 Å². The lowest BCUT2D eigenvalue weighted by atomic mass is 9.80. The molecule has 5 rings (SSSR count). The Morgan fingerprint density at radius 3 is 2.04 bits per heavy atom. The second kappa shape index (κ2) is 4.38. The van der Waals surface area contributed by atoms with Crippen LogP contribution in [0, 0.1) is 0 Å². The highest BCUT2D eigenvalue weighted by molar-refractivity contribution is 6.59. The van der Waals surface area contributed by atoms with Crippen molar-refractivity contribution in [1.29, 1.82) is 0 Å². The van der Waals surface area contributed by atoms with E-state index in [4.69, 9.17) is 8.83 Å². The van der Waals surface area contributed by atoms with Crippen LogP contribution in [0.25, 0.3) is 43.9 Å². The molecule has 2 aromatic heterocycles. The van der Waals surface area contributed by atoms with Crippen LogP contribution in [0.5, 0.6) is 0 Å². The van der Waals surface area contributed by atoms with Gasteiger partial charge >= 0.3 is 7.12 Å². The number of fused-ring (bicyclic) bond motifs is 6. The minimum absolute atomic E-state index is 0.442. The minimum Gasteiger partial charge on any atom is -0.456 e. The fraction of sp³-hybridized carbons (Fsp3) is 0. The summed E-state index contributed by atoms with van der Waals surface area (Å²) in [5, 5.41) is 22.6. The zero-order valence-electron chi connectivity index (χ0n) is 12.0. The Balaban J connectivity index is 1.93. The third-order valence-electron chi connectivity index (χ3n) is 4.29. The first-order valence-electron chi connectivity index (χ1n) is 7.34. The Hall–Kier alpha value is -2.76. The molecule has 0 fully saturated rings. The van der Waals surface area contributed by atoms with Crippen molar-refractivity contribution in [2.45, 2.75) is 0 Å². The normalized spacial score (nSPS) is 11.9. The summed E-state index contributed by atoms with van der Waals surface area (Å²) in [5.41, 5.74) is 3.49. The van der Waals surface area contributed by atoms with Crippen molar-refractivity contribution in [2.75, 3.05) is 0 Å². The fourth-order valence-electron chi connectivity index (χ4n) is 3.17. The van der Waals surface area contributed by atoms with Gasteiger partial charge in [0.25, 0.3) is 0 Å². The maximum absolute atomic E-state index is 9.38. The molecule has 0 saturated carbocycles. The predicted molar refractivity (Wildman–Crippen MR) is 90.8 cm³/mol. The monoisotopic (exact) mass is 302 g/mol. The highest BCUT2D eigenvalue weighted by atomic mass is 16.4. The first-order chi connectivity index (χ1) is 11.2. The molecule has 0 bridgehead atoms. The van der Waals surface area contributed by atoms with E-state index in [0.717, 1.165) is 38.3 Å². The number of para-hydroxylation sites is 1. The van der Waals surface area contributed by atoms with Crippen LogP contribution >= 0.6 is 0 Å². The van der Waals surface area contributed by atoms with Crippen molar-refractivity contribution in [2.24, 2.45) is 0 Å². The van der Waals surface area contributed by atoms with E-state index in [9.17, 15) is 10.0 Å². The Morgan fingerprint density at radius 2 is 1.26 bits per heavy atom. The molecule has 0 unspecified atom stereocenters. The third-order valence-corrected chi connectivity index (χ3v) is 4.29. The van der Waals surface area contributed by atoms with Crippen LogP contribution in [-0.4, -0.2) is 17.2 Å². The lowest BCUT2D eigenvalue weighted by molar-refractivity contribution is 0.426. The summed E-state index contributed by atoms with van der Waals surface area (Å²) in [6.45, 7) is 0. The average molecular weight is 302 g/mol. The predicted octanol–water partition coefficient (Wildman–Crippen LogP) is 3.17. The Bertz CT molecular complexity index is 1200. The number of rotatable bonds is 1. The zero-order valence-corrected chi connectivity index (χ0v) is 12.0. The van der Waals surface area contributed by atoms with Crippen LogP contribution < -0.4 is 5.46 Å². The van der Waals surface area contributed by atoms with E-state index in [0.29, 0.717) is 11.0 Å². The van der Waals surface area contributed by atoms with Crippen LogP contribution in [0.2, 0.25) is 0 Å². The second-order valence-electron chi connectivity index (χ2n) is 5.67. The van der Waals surface area contributed by atoms with Gasteiger partial charge in [-0.25, -0.2) is 0 Å². The van der Waals surface area contributed by atoms with E-state index >= 15 is 0 Å². The molecule has 23 heavy (non-hydrogen) atoms. The number of hydrogen-bond acceptors (Lipinski definition) is 4. The van der Waals surface area contributed by atoms with Gasteiger partial charge in [0.05, 0.1) is 0 Å².